The van der Waals surface area contributed by atoms with E-state index in [9.17, 15) is 14.4 Å². The maximum absolute atomic E-state index is 12.4. The normalized spacial score (nSPS) is 19.8. The van der Waals surface area contributed by atoms with E-state index in [1.165, 1.54) is 0 Å². The number of aromatic nitrogens is 1. The van der Waals surface area contributed by atoms with E-state index in [1.807, 2.05) is 36.4 Å². The molecular formula is C33H39N5O6. The van der Waals surface area contributed by atoms with Crippen molar-refractivity contribution in [2.75, 3.05) is 52.5 Å². The molecule has 1 fully saturated rings. The van der Waals surface area contributed by atoms with Crippen LogP contribution in [0.25, 0.3) is 22.2 Å². The Bertz CT molecular complexity index is 1630. The quantitative estimate of drug-likeness (QED) is 0.241. The first kappa shape index (κ1) is 31.3. The van der Waals surface area contributed by atoms with E-state index >= 15 is 0 Å². The summed E-state index contributed by atoms with van der Waals surface area (Å²) in [4.78, 5) is 45.2. The van der Waals surface area contributed by atoms with Gasteiger partial charge in [0.15, 0.2) is 5.52 Å². The van der Waals surface area contributed by atoms with Crippen molar-refractivity contribution in [3.8, 4) is 11.1 Å². The number of nitrogens with zero attached hydrogens (tertiary/aromatic N) is 3. The van der Waals surface area contributed by atoms with Crippen molar-refractivity contribution in [2.45, 2.75) is 32.5 Å². The third-order valence-electron chi connectivity index (χ3n) is 8.26. The summed E-state index contributed by atoms with van der Waals surface area (Å²) < 4.78 is 15.7. The third-order valence-corrected chi connectivity index (χ3v) is 8.26. The molecule has 1 unspecified atom stereocenters. The predicted octanol–water partition coefficient (Wildman–Crippen LogP) is 3.08. The zero-order chi connectivity index (χ0) is 30.9. The van der Waals surface area contributed by atoms with Crippen molar-refractivity contribution in [1.82, 2.24) is 25.4 Å². The van der Waals surface area contributed by atoms with E-state index in [0.717, 1.165) is 35.1 Å². The summed E-state index contributed by atoms with van der Waals surface area (Å²) in [5.41, 5.74) is 3.73. The van der Waals surface area contributed by atoms with Crippen LogP contribution < -0.4 is 16.3 Å². The molecule has 3 heterocycles. The second kappa shape index (κ2) is 14.5. The molecule has 5 rings (SSSR count). The van der Waals surface area contributed by atoms with Crippen LogP contribution >= 0.6 is 0 Å². The average molecular weight is 602 g/mol. The van der Waals surface area contributed by atoms with Gasteiger partial charge in [0.05, 0.1) is 25.4 Å². The lowest BCUT2D eigenvalue weighted by Crippen LogP contribution is -2.61. The zero-order valence-corrected chi connectivity index (χ0v) is 25.2. The van der Waals surface area contributed by atoms with Crippen LogP contribution in [0.5, 0.6) is 0 Å². The number of benzene rings is 2. The van der Waals surface area contributed by atoms with E-state index in [-0.39, 0.29) is 18.0 Å². The van der Waals surface area contributed by atoms with Crippen LogP contribution in [0.4, 0.5) is 0 Å². The number of likely N-dealkylation sites (N-methyl/N-ethyl adjacent to an activating group) is 1. The minimum Gasteiger partial charge on any atom is -0.379 e. The summed E-state index contributed by atoms with van der Waals surface area (Å²) in [5, 5.41) is 6.16. The summed E-state index contributed by atoms with van der Waals surface area (Å²) in [6.07, 6.45) is 3.14. The summed E-state index contributed by atoms with van der Waals surface area (Å²) in [6.45, 7) is 9.21. The maximum Gasteiger partial charge on any atom is 0.408 e. The Morgan fingerprint density at radius 3 is 2.68 bits per heavy atom. The lowest BCUT2D eigenvalue weighted by atomic mass is 9.93. The highest BCUT2D eigenvalue weighted by molar-refractivity contribution is 5.78. The number of hydrogen-bond acceptors (Lipinski definition) is 10. The van der Waals surface area contributed by atoms with Gasteiger partial charge in [0.2, 0.25) is 11.5 Å². The van der Waals surface area contributed by atoms with Gasteiger partial charge in [-0.25, -0.2) is 14.4 Å². The fourth-order valence-corrected chi connectivity index (χ4v) is 5.85. The van der Waals surface area contributed by atoms with Crippen molar-refractivity contribution in [2.24, 2.45) is 0 Å². The van der Waals surface area contributed by atoms with Crippen LogP contribution in [0.3, 0.4) is 0 Å². The lowest BCUT2D eigenvalue weighted by molar-refractivity contribution is -0.120. The van der Waals surface area contributed by atoms with Crippen molar-refractivity contribution in [3.05, 3.63) is 87.9 Å². The number of carbonyl (C=O) groups is 2. The van der Waals surface area contributed by atoms with Gasteiger partial charge in [-0.1, -0.05) is 49.4 Å². The Hall–Kier alpha value is -4.16. The van der Waals surface area contributed by atoms with Crippen LogP contribution in [0, 0.1) is 0 Å². The number of aldehydes is 1. The Morgan fingerprint density at radius 1 is 0.977 bits per heavy atom. The van der Waals surface area contributed by atoms with E-state index in [4.69, 9.17) is 9.31 Å². The fraction of sp³-hybridized carbons (Fsp3) is 0.394. The molecule has 1 atom stereocenters. The smallest absolute Gasteiger partial charge is 0.379 e. The number of hydrogen-bond donors (Lipinski definition) is 2. The molecule has 0 aliphatic carbocycles. The van der Waals surface area contributed by atoms with Crippen LogP contribution in [-0.4, -0.2) is 85.1 Å². The molecular weight excluding hydrogens is 562 g/mol. The fourth-order valence-electron chi connectivity index (χ4n) is 5.85. The van der Waals surface area contributed by atoms with Crippen LogP contribution in [0.2, 0.25) is 0 Å². The Balaban J connectivity index is 1.51. The standard InChI is InChI=1S/C33H39N5O6/c1-3-37-13-11-35-30(40)21-34-12-15-42-16-14-38(33(37,2)19-26-8-4-5-9-27(26)23-39)22-24-7-6-10-25(17-24)28-18-29-31(36-20-28)32(41)44-43-29/h4-10,17-18,20,23,34H,3,11-16,19,21-22H2,1-2H3,(H,35,40). The third kappa shape index (κ3) is 7.31. The van der Waals surface area contributed by atoms with Gasteiger partial charge in [0.25, 0.3) is 0 Å². The molecule has 2 aromatic heterocycles. The van der Waals surface area contributed by atoms with E-state index in [1.54, 1.807) is 12.3 Å². The highest BCUT2D eigenvalue weighted by Crippen LogP contribution is 2.30. The van der Waals surface area contributed by atoms with Crippen LogP contribution in [0.1, 0.15) is 35.3 Å². The second-order valence-electron chi connectivity index (χ2n) is 11.1. The zero-order valence-electron chi connectivity index (χ0n) is 25.2. The molecule has 1 aliphatic rings. The van der Waals surface area contributed by atoms with Gasteiger partial charge in [-0.15, -0.1) is 0 Å². The van der Waals surface area contributed by atoms with E-state index in [2.05, 4.69) is 56.0 Å². The van der Waals surface area contributed by atoms with Crippen LogP contribution in [0.15, 0.2) is 74.7 Å². The summed E-state index contributed by atoms with van der Waals surface area (Å²) >= 11 is 0. The molecule has 0 spiro atoms. The van der Waals surface area contributed by atoms with Gasteiger partial charge in [0, 0.05) is 56.5 Å². The van der Waals surface area contributed by atoms with Crippen molar-refractivity contribution in [3.63, 3.8) is 0 Å². The Labute approximate surface area is 256 Å². The largest absolute Gasteiger partial charge is 0.408 e. The van der Waals surface area contributed by atoms with Gasteiger partial charge < -0.3 is 15.4 Å². The SMILES string of the molecule is CCN1CCNC(=O)CNCCOCCN(Cc2cccc(-c3cnc4c(=O)ooc4c3)c2)C1(C)Cc1ccccc1C=O. The first-order valence-electron chi connectivity index (χ1n) is 15.0. The van der Waals surface area contributed by atoms with Crippen molar-refractivity contribution < 1.29 is 23.5 Å². The van der Waals surface area contributed by atoms with Crippen LogP contribution in [-0.2, 0) is 22.5 Å². The molecule has 1 aliphatic heterocycles. The molecule has 232 valence electrons. The van der Waals surface area contributed by atoms with Gasteiger partial charge in [-0.05, 0) is 42.3 Å². The molecule has 1 saturated heterocycles. The number of amides is 1. The van der Waals surface area contributed by atoms with Gasteiger partial charge in [0.1, 0.15) is 6.29 Å². The van der Waals surface area contributed by atoms with Crippen molar-refractivity contribution >= 4 is 23.3 Å². The van der Waals surface area contributed by atoms with E-state index < -0.39 is 11.3 Å². The topological polar surface area (TPSA) is 130 Å². The minimum atomic E-state index is -0.601. The number of rotatable bonds is 7. The number of nitrogens with one attached hydrogen (secondary N) is 2. The molecule has 11 nitrogen and oxygen atoms in total. The summed E-state index contributed by atoms with van der Waals surface area (Å²) in [5.74, 6) is -0.0536. The lowest BCUT2D eigenvalue weighted by Gasteiger charge is -2.49. The number of carbonyl (C=O) groups excluding carboxylic acids is 2. The Morgan fingerprint density at radius 2 is 1.84 bits per heavy atom. The minimum absolute atomic E-state index is 0.0536. The summed E-state index contributed by atoms with van der Waals surface area (Å²) in [6, 6.07) is 17.6. The molecule has 0 bridgehead atoms. The molecule has 44 heavy (non-hydrogen) atoms. The first-order valence-corrected chi connectivity index (χ1v) is 15.0. The Kier molecular flexibility index (Phi) is 10.3. The number of fused-ring (bicyclic) bond motifs is 1. The first-order chi connectivity index (χ1) is 21.4. The molecule has 1 amide bonds. The monoisotopic (exact) mass is 601 g/mol. The second-order valence-corrected chi connectivity index (χ2v) is 11.1. The van der Waals surface area contributed by atoms with Crippen molar-refractivity contribution in [1.29, 1.82) is 0 Å². The molecule has 11 heteroatoms. The highest BCUT2D eigenvalue weighted by atomic mass is 17.0. The number of pyridine rings is 1. The molecule has 0 radical (unpaired) electrons. The molecule has 4 aromatic rings. The summed E-state index contributed by atoms with van der Waals surface area (Å²) in [7, 11) is 0. The molecule has 0 saturated carbocycles. The average Bonchev–Trinajstić information content (AvgIpc) is 3.41. The molecule has 2 N–H and O–H groups in total. The molecule has 2 aromatic carbocycles. The number of ether oxygens (including phenoxy) is 1. The highest BCUT2D eigenvalue weighted by Gasteiger charge is 2.38. The van der Waals surface area contributed by atoms with Gasteiger partial charge in [-0.2, -0.15) is 0 Å². The van der Waals surface area contributed by atoms with Gasteiger partial charge in [-0.3, -0.25) is 24.0 Å². The predicted molar refractivity (Wildman–Crippen MR) is 166 cm³/mol. The van der Waals surface area contributed by atoms with E-state index in [0.29, 0.717) is 63.5 Å². The van der Waals surface area contributed by atoms with Gasteiger partial charge >= 0.3 is 5.63 Å². The maximum atomic E-state index is 12.4.